The molecule has 2 aromatic carbocycles. The second-order valence-corrected chi connectivity index (χ2v) is 5.68. The highest BCUT2D eigenvalue weighted by atomic mass is 35.5. The summed E-state index contributed by atoms with van der Waals surface area (Å²) in [5.41, 5.74) is 2.77. The van der Waals surface area contributed by atoms with Crippen LogP contribution in [-0.2, 0) is 0 Å². The van der Waals surface area contributed by atoms with Crippen LogP contribution in [0.25, 0.3) is 0 Å². The van der Waals surface area contributed by atoms with Gasteiger partial charge in [-0.25, -0.2) is 4.39 Å². The van der Waals surface area contributed by atoms with Gasteiger partial charge in [-0.1, -0.05) is 35.3 Å². The maximum absolute atomic E-state index is 13.4. The summed E-state index contributed by atoms with van der Waals surface area (Å²) in [5, 5.41) is 3.23. The Kier molecular flexibility index (Phi) is 4.96. The molecule has 0 bridgehead atoms. The smallest absolute Gasteiger partial charge is 0.160 e. The molecule has 112 valence electrons. The quantitative estimate of drug-likeness (QED) is 0.735. The number of rotatable bonds is 4. The van der Waals surface area contributed by atoms with E-state index in [4.69, 9.17) is 27.9 Å². The third-order valence-electron chi connectivity index (χ3n) is 3.22. The molecule has 2 aromatic rings. The van der Waals surface area contributed by atoms with Crippen molar-refractivity contribution in [3.05, 3.63) is 57.3 Å². The number of ether oxygens (including phenoxy) is 1. The van der Waals surface area contributed by atoms with Crippen molar-refractivity contribution < 1.29 is 9.13 Å². The van der Waals surface area contributed by atoms with Crippen LogP contribution in [0.5, 0.6) is 5.75 Å². The Morgan fingerprint density at radius 2 is 1.76 bits per heavy atom. The summed E-state index contributed by atoms with van der Waals surface area (Å²) < 4.78 is 18.8. The monoisotopic (exact) mass is 327 g/mol. The van der Waals surface area contributed by atoms with Gasteiger partial charge in [-0.2, -0.15) is 0 Å². The number of hydrogen-bond acceptors (Lipinski definition) is 2. The summed E-state index contributed by atoms with van der Waals surface area (Å²) in [6, 6.07) is 8.97. The van der Waals surface area contributed by atoms with Gasteiger partial charge in [-0.05, 0) is 37.6 Å². The predicted octanol–water partition coefficient (Wildman–Crippen LogP) is 5.62. The van der Waals surface area contributed by atoms with E-state index in [1.54, 1.807) is 7.11 Å². The van der Waals surface area contributed by atoms with E-state index in [0.717, 1.165) is 16.9 Å². The van der Waals surface area contributed by atoms with Crippen molar-refractivity contribution >= 4 is 28.9 Å². The van der Waals surface area contributed by atoms with Crippen LogP contribution in [0.15, 0.2) is 30.3 Å². The van der Waals surface area contributed by atoms with Crippen LogP contribution in [0.4, 0.5) is 10.1 Å². The van der Waals surface area contributed by atoms with E-state index >= 15 is 0 Å². The molecule has 0 saturated heterocycles. The normalized spacial score (nSPS) is 12.1. The zero-order valence-electron chi connectivity index (χ0n) is 12.0. The van der Waals surface area contributed by atoms with E-state index in [9.17, 15) is 4.39 Å². The van der Waals surface area contributed by atoms with Gasteiger partial charge < -0.3 is 10.1 Å². The fourth-order valence-corrected chi connectivity index (χ4v) is 2.63. The molecule has 0 aliphatic heterocycles. The Balaban J connectivity index is 2.28. The van der Waals surface area contributed by atoms with Gasteiger partial charge >= 0.3 is 0 Å². The first kappa shape index (κ1) is 15.9. The standard InChI is InChI=1S/C16H16Cl2FNO/c1-9-4-5-12(15(6-9)21-3)10(2)20-11-7-13(17)16(19)14(18)8-11/h4-8,10,20H,1-3H3. The van der Waals surface area contributed by atoms with Crippen LogP contribution in [0.1, 0.15) is 24.1 Å². The molecule has 0 aliphatic carbocycles. The topological polar surface area (TPSA) is 21.3 Å². The number of anilines is 1. The molecule has 0 spiro atoms. The van der Waals surface area contributed by atoms with E-state index in [2.05, 4.69) is 5.32 Å². The van der Waals surface area contributed by atoms with Crippen molar-refractivity contribution in [1.29, 1.82) is 0 Å². The minimum Gasteiger partial charge on any atom is -0.496 e. The van der Waals surface area contributed by atoms with Gasteiger partial charge in [-0.15, -0.1) is 0 Å². The molecule has 0 radical (unpaired) electrons. The minimum atomic E-state index is -0.607. The van der Waals surface area contributed by atoms with Crippen LogP contribution in [0.3, 0.4) is 0 Å². The Morgan fingerprint density at radius 3 is 2.33 bits per heavy atom. The van der Waals surface area contributed by atoms with Crippen molar-refractivity contribution in [3.8, 4) is 5.75 Å². The Bertz CT molecular complexity index is 638. The molecule has 1 atom stereocenters. The Labute approximate surface area is 133 Å². The second kappa shape index (κ2) is 6.54. The fraction of sp³-hybridized carbons (Fsp3) is 0.250. The molecule has 21 heavy (non-hydrogen) atoms. The number of halogens is 3. The number of nitrogens with one attached hydrogen (secondary N) is 1. The Hall–Kier alpha value is -1.45. The minimum absolute atomic E-state index is 0.00642. The van der Waals surface area contributed by atoms with E-state index in [1.807, 2.05) is 32.0 Å². The molecule has 2 rings (SSSR count). The predicted molar refractivity (Wildman–Crippen MR) is 86.2 cm³/mol. The lowest BCUT2D eigenvalue weighted by Gasteiger charge is -2.19. The third-order valence-corrected chi connectivity index (χ3v) is 3.77. The molecular weight excluding hydrogens is 312 g/mol. The van der Waals surface area contributed by atoms with Gasteiger partial charge in [-0.3, -0.25) is 0 Å². The lowest BCUT2D eigenvalue weighted by molar-refractivity contribution is 0.407. The van der Waals surface area contributed by atoms with Gasteiger partial charge in [0.05, 0.1) is 23.2 Å². The maximum Gasteiger partial charge on any atom is 0.160 e. The molecule has 2 nitrogen and oxygen atoms in total. The van der Waals surface area contributed by atoms with Gasteiger partial charge in [0.2, 0.25) is 0 Å². The average molecular weight is 328 g/mol. The summed E-state index contributed by atoms with van der Waals surface area (Å²) in [5.74, 6) is 0.193. The molecule has 5 heteroatoms. The van der Waals surface area contributed by atoms with Crippen LogP contribution >= 0.6 is 23.2 Å². The van der Waals surface area contributed by atoms with Crippen molar-refractivity contribution in [1.82, 2.24) is 0 Å². The Morgan fingerprint density at radius 1 is 1.14 bits per heavy atom. The molecular formula is C16H16Cl2FNO. The van der Waals surface area contributed by atoms with Crippen LogP contribution in [0, 0.1) is 12.7 Å². The zero-order chi connectivity index (χ0) is 15.6. The summed E-state index contributed by atoms with van der Waals surface area (Å²) in [7, 11) is 1.64. The van der Waals surface area contributed by atoms with Crippen molar-refractivity contribution in [2.24, 2.45) is 0 Å². The highest BCUT2D eigenvalue weighted by molar-refractivity contribution is 6.35. The van der Waals surface area contributed by atoms with Crippen molar-refractivity contribution in [3.63, 3.8) is 0 Å². The number of aryl methyl sites for hydroxylation is 1. The summed E-state index contributed by atoms with van der Waals surface area (Å²) in [6.45, 7) is 3.99. The molecule has 0 amide bonds. The molecule has 0 aliphatic rings. The molecule has 0 aromatic heterocycles. The first-order chi connectivity index (χ1) is 9.92. The van der Waals surface area contributed by atoms with Crippen LogP contribution in [-0.4, -0.2) is 7.11 Å². The first-order valence-corrected chi connectivity index (χ1v) is 7.23. The van der Waals surface area contributed by atoms with Gasteiger partial charge in [0, 0.05) is 11.3 Å². The van der Waals surface area contributed by atoms with E-state index < -0.39 is 5.82 Å². The largest absolute Gasteiger partial charge is 0.496 e. The summed E-state index contributed by atoms with van der Waals surface area (Å²) in [6.07, 6.45) is 0. The molecule has 0 heterocycles. The maximum atomic E-state index is 13.4. The first-order valence-electron chi connectivity index (χ1n) is 6.48. The number of benzene rings is 2. The molecule has 0 saturated carbocycles. The number of hydrogen-bond donors (Lipinski definition) is 1. The fourth-order valence-electron chi connectivity index (χ4n) is 2.14. The van der Waals surface area contributed by atoms with Gasteiger partial charge in [0.15, 0.2) is 5.82 Å². The van der Waals surface area contributed by atoms with Crippen molar-refractivity contribution in [2.45, 2.75) is 19.9 Å². The van der Waals surface area contributed by atoms with Gasteiger partial charge in [0.1, 0.15) is 5.75 Å². The van der Waals surface area contributed by atoms with E-state index in [0.29, 0.717) is 5.69 Å². The molecule has 0 fully saturated rings. The average Bonchev–Trinajstić information content (AvgIpc) is 2.44. The van der Waals surface area contributed by atoms with Crippen LogP contribution in [0.2, 0.25) is 10.0 Å². The van der Waals surface area contributed by atoms with Crippen LogP contribution < -0.4 is 10.1 Å². The lowest BCUT2D eigenvalue weighted by atomic mass is 10.0. The van der Waals surface area contributed by atoms with Crippen molar-refractivity contribution in [2.75, 3.05) is 12.4 Å². The second-order valence-electron chi connectivity index (χ2n) is 4.87. The molecule has 1 N–H and O–H groups in total. The summed E-state index contributed by atoms with van der Waals surface area (Å²) >= 11 is 11.6. The number of methoxy groups -OCH3 is 1. The lowest BCUT2D eigenvalue weighted by Crippen LogP contribution is -2.08. The van der Waals surface area contributed by atoms with Gasteiger partial charge in [0.25, 0.3) is 0 Å². The highest BCUT2D eigenvalue weighted by Gasteiger charge is 2.13. The third kappa shape index (κ3) is 3.60. The summed E-state index contributed by atoms with van der Waals surface area (Å²) in [4.78, 5) is 0. The zero-order valence-corrected chi connectivity index (χ0v) is 13.5. The van der Waals surface area contributed by atoms with E-state index in [1.165, 1.54) is 12.1 Å². The van der Waals surface area contributed by atoms with E-state index in [-0.39, 0.29) is 16.1 Å². The highest BCUT2D eigenvalue weighted by Crippen LogP contribution is 2.32. The molecule has 1 unspecified atom stereocenters. The SMILES string of the molecule is COc1cc(C)ccc1C(C)Nc1cc(Cl)c(F)c(Cl)c1.